The zero-order chi connectivity index (χ0) is 17.6. The zero-order valence-electron chi connectivity index (χ0n) is 13.6. The minimum Gasteiger partial charge on any atom is -0.325 e. The Hall–Kier alpha value is -2.32. The van der Waals surface area contributed by atoms with Gasteiger partial charge in [0.2, 0.25) is 17.7 Å². The predicted octanol–water partition coefficient (Wildman–Crippen LogP) is 0.945. The van der Waals surface area contributed by atoms with Gasteiger partial charge < -0.3 is 5.32 Å². The van der Waals surface area contributed by atoms with Crippen LogP contribution in [0, 0.1) is 6.92 Å². The number of carbonyl (C=O) groups excluding carboxylic acids is 3. The van der Waals surface area contributed by atoms with E-state index in [0.717, 1.165) is 5.56 Å². The average Bonchev–Trinajstić information content (AvgIpc) is 2.87. The molecular formula is C16H18N4O3S. The molecule has 126 valence electrons. The molecule has 2 saturated heterocycles. The maximum atomic E-state index is 12.7. The van der Waals surface area contributed by atoms with E-state index in [0.29, 0.717) is 5.69 Å². The van der Waals surface area contributed by atoms with Crippen molar-refractivity contribution in [1.29, 1.82) is 0 Å². The third kappa shape index (κ3) is 2.57. The maximum absolute atomic E-state index is 12.7. The molecule has 2 aliphatic heterocycles. The van der Waals surface area contributed by atoms with E-state index >= 15 is 0 Å². The number of hydrogen-bond acceptors (Lipinski definition) is 5. The third-order valence-electron chi connectivity index (χ3n) is 4.28. The molecule has 2 heterocycles. The number of hydrogen-bond donors (Lipinski definition) is 2. The molecule has 0 aliphatic carbocycles. The Morgan fingerprint density at radius 3 is 2.54 bits per heavy atom. The van der Waals surface area contributed by atoms with E-state index in [1.165, 1.54) is 10.0 Å². The first-order valence-corrected chi connectivity index (χ1v) is 7.98. The first kappa shape index (κ1) is 16.5. The highest BCUT2D eigenvalue weighted by Gasteiger charge is 2.56. The van der Waals surface area contributed by atoms with Crippen LogP contribution in [-0.2, 0) is 14.4 Å². The van der Waals surface area contributed by atoms with Crippen molar-refractivity contribution in [2.75, 3.05) is 5.32 Å². The van der Waals surface area contributed by atoms with Gasteiger partial charge in [-0.3, -0.25) is 19.7 Å². The summed E-state index contributed by atoms with van der Waals surface area (Å²) in [5, 5.41) is 8.01. The number of nitrogens with one attached hydrogen (secondary N) is 2. The van der Waals surface area contributed by atoms with Crippen molar-refractivity contribution in [3.05, 3.63) is 29.8 Å². The number of anilines is 1. The number of fused-ring (bicyclic) bond motifs is 1. The summed E-state index contributed by atoms with van der Waals surface area (Å²) in [6, 6.07) is 6.56. The van der Waals surface area contributed by atoms with Gasteiger partial charge in [0.15, 0.2) is 5.11 Å². The largest absolute Gasteiger partial charge is 0.325 e. The zero-order valence-corrected chi connectivity index (χ0v) is 14.4. The van der Waals surface area contributed by atoms with Crippen molar-refractivity contribution in [3.8, 4) is 0 Å². The SMILES string of the molecule is Cc1ccc(NC(=O)C2CC(=O)N3C(=S)NC(=O)C(C)(C)N23)cc1. The lowest BCUT2D eigenvalue weighted by molar-refractivity contribution is -0.154. The first-order chi connectivity index (χ1) is 11.2. The van der Waals surface area contributed by atoms with E-state index in [9.17, 15) is 14.4 Å². The van der Waals surface area contributed by atoms with Gasteiger partial charge in [0.1, 0.15) is 11.6 Å². The first-order valence-electron chi connectivity index (χ1n) is 7.57. The Labute approximate surface area is 145 Å². The average molecular weight is 346 g/mol. The lowest BCUT2D eigenvalue weighted by Gasteiger charge is -2.45. The molecule has 0 bridgehead atoms. The Kier molecular flexibility index (Phi) is 3.89. The van der Waals surface area contributed by atoms with Gasteiger partial charge in [0.25, 0.3) is 0 Å². The van der Waals surface area contributed by atoms with Crippen molar-refractivity contribution < 1.29 is 14.4 Å². The number of aryl methyl sites for hydroxylation is 1. The van der Waals surface area contributed by atoms with Crippen LogP contribution < -0.4 is 10.6 Å². The van der Waals surface area contributed by atoms with E-state index in [1.54, 1.807) is 26.0 Å². The van der Waals surface area contributed by atoms with E-state index in [2.05, 4.69) is 10.6 Å². The molecule has 2 N–H and O–H groups in total. The summed E-state index contributed by atoms with van der Waals surface area (Å²) in [5.41, 5.74) is 0.650. The summed E-state index contributed by atoms with van der Waals surface area (Å²) in [7, 11) is 0. The molecule has 7 nitrogen and oxygen atoms in total. The van der Waals surface area contributed by atoms with Crippen LogP contribution in [0.15, 0.2) is 24.3 Å². The van der Waals surface area contributed by atoms with Crippen LogP contribution in [0.5, 0.6) is 0 Å². The van der Waals surface area contributed by atoms with E-state index in [1.807, 2.05) is 19.1 Å². The monoisotopic (exact) mass is 346 g/mol. The lowest BCUT2D eigenvalue weighted by atomic mass is 10.00. The highest BCUT2D eigenvalue weighted by atomic mass is 32.1. The minimum absolute atomic E-state index is 0.00922. The number of carbonyl (C=O) groups is 3. The highest BCUT2D eigenvalue weighted by Crippen LogP contribution is 2.32. The van der Waals surface area contributed by atoms with Gasteiger partial charge in [-0.2, -0.15) is 5.01 Å². The molecule has 0 saturated carbocycles. The van der Waals surface area contributed by atoms with Gasteiger partial charge in [-0.25, -0.2) is 5.01 Å². The van der Waals surface area contributed by atoms with Gasteiger partial charge in [-0.05, 0) is 45.1 Å². The van der Waals surface area contributed by atoms with Crippen LogP contribution in [0.1, 0.15) is 25.8 Å². The van der Waals surface area contributed by atoms with E-state index < -0.39 is 11.6 Å². The Bertz CT molecular complexity index is 744. The number of benzene rings is 1. The fourth-order valence-electron chi connectivity index (χ4n) is 2.92. The summed E-state index contributed by atoms with van der Waals surface area (Å²) < 4.78 is 0. The second-order valence-electron chi connectivity index (χ2n) is 6.44. The normalized spacial score (nSPS) is 23.0. The fraction of sp³-hybridized carbons (Fsp3) is 0.375. The van der Waals surface area contributed by atoms with Gasteiger partial charge in [-0.15, -0.1) is 0 Å². The third-order valence-corrected chi connectivity index (χ3v) is 4.55. The van der Waals surface area contributed by atoms with Crippen molar-refractivity contribution in [2.45, 2.75) is 38.8 Å². The molecule has 0 aromatic heterocycles. The summed E-state index contributed by atoms with van der Waals surface area (Å²) in [6.45, 7) is 5.26. The molecule has 2 aliphatic rings. The Morgan fingerprint density at radius 2 is 1.92 bits per heavy atom. The summed E-state index contributed by atoms with van der Waals surface area (Å²) in [4.78, 5) is 37.2. The van der Waals surface area contributed by atoms with Crippen LogP contribution in [0.3, 0.4) is 0 Å². The molecule has 24 heavy (non-hydrogen) atoms. The molecule has 0 spiro atoms. The smallest absolute Gasteiger partial charge is 0.248 e. The van der Waals surface area contributed by atoms with Gasteiger partial charge in [-0.1, -0.05) is 17.7 Å². The molecule has 1 aromatic rings. The molecule has 1 aromatic carbocycles. The molecule has 8 heteroatoms. The second-order valence-corrected chi connectivity index (χ2v) is 6.83. The number of nitrogens with zero attached hydrogens (tertiary/aromatic N) is 2. The molecule has 3 amide bonds. The predicted molar refractivity (Wildman–Crippen MR) is 91.7 cm³/mol. The molecule has 3 rings (SSSR count). The minimum atomic E-state index is -1.07. The molecule has 1 atom stereocenters. The van der Waals surface area contributed by atoms with Crippen molar-refractivity contribution >= 4 is 40.7 Å². The second kappa shape index (κ2) is 5.64. The van der Waals surface area contributed by atoms with E-state index in [-0.39, 0.29) is 29.3 Å². The topological polar surface area (TPSA) is 81.8 Å². The van der Waals surface area contributed by atoms with Gasteiger partial charge >= 0.3 is 0 Å². The van der Waals surface area contributed by atoms with Crippen LogP contribution in [0.2, 0.25) is 0 Å². The Morgan fingerprint density at radius 1 is 1.29 bits per heavy atom. The van der Waals surface area contributed by atoms with Crippen molar-refractivity contribution in [2.24, 2.45) is 0 Å². The molecule has 1 unspecified atom stereocenters. The molecular weight excluding hydrogens is 328 g/mol. The molecule has 2 fully saturated rings. The number of thiocarbonyl (C=S) groups is 1. The van der Waals surface area contributed by atoms with Crippen LogP contribution in [-0.4, -0.2) is 44.4 Å². The van der Waals surface area contributed by atoms with Crippen LogP contribution >= 0.6 is 12.2 Å². The van der Waals surface area contributed by atoms with Gasteiger partial charge in [0.05, 0.1) is 6.42 Å². The van der Waals surface area contributed by atoms with Crippen LogP contribution in [0.4, 0.5) is 5.69 Å². The van der Waals surface area contributed by atoms with Crippen LogP contribution in [0.25, 0.3) is 0 Å². The number of rotatable bonds is 2. The van der Waals surface area contributed by atoms with Crippen molar-refractivity contribution in [3.63, 3.8) is 0 Å². The standard InChI is InChI=1S/C16H18N4O3S/c1-9-4-6-10(7-5-9)17-13(22)11-8-12(21)19-15(24)18-14(23)16(2,3)20(11)19/h4-7,11H,8H2,1-3H3,(H,17,22)(H,18,23,24). The lowest BCUT2D eigenvalue weighted by Crippen LogP contribution is -2.71. The quantitative estimate of drug-likeness (QED) is 0.779. The highest BCUT2D eigenvalue weighted by molar-refractivity contribution is 7.80. The number of amides is 3. The Balaban J connectivity index is 1.88. The molecule has 0 radical (unpaired) electrons. The summed E-state index contributed by atoms with van der Waals surface area (Å²) >= 11 is 5.08. The maximum Gasteiger partial charge on any atom is 0.248 e. The summed E-state index contributed by atoms with van der Waals surface area (Å²) in [5.74, 6) is -0.996. The van der Waals surface area contributed by atoms with Crippen molar-refractivity contribution in [1.82, 2.24) is 15.3 Å². The number of hydrazine groups is 1. The fourth-order valence-corrected chi connectivity index (χ4v) is 3.20. The van der Waals surface area contributed by atoms with Gasteiger partial charge in [0, 0.05) is 5.69 Å². The summed E-state index contributed by atoms with van der Waals surface area (Å²) in [6.07, 6.45) is -0.0315. The van der Waals surface area contributed by atoms with E-state index in [4.69, 9.17) is 12.2 Å².